The SMILES string of the molecule is O=C1O[C@]2(CC[C@H](c3nc4nc(-c5ccccc5F)ncc4[nH]3)CC2)c2ccccc21. The molecule has 7 heteroatoms. The highest BCUT2D eigenvalue weighted by molar-refractivity contribution is 5.94. The van der Waals surface area contributed by atoms with Gasteiger partial charge in [0.05, 0.1) is 17.3 Å². The summed E-state index contributed by atoms with van der Waals surface area (Å²) in [6, 6.07) is 14.1. The van der Waals surface area contributed by atoms with Gasteiger partial charge in [0.15, 0.2) is 11.5 Å². The fourth-order valence-corrected chi connectivity index (χ4v) is 4.87. The minimum absolute atomic E-state index is 0.211. The first kappa shape index (κ1) is 18.2. The van der Waals surface area contributed by atoms with Crippen LogP contribution in [0.1, 0.15) is 53.3 Å². The van der Waals surface area contributed by atoms with Crippen LogP contribution in [0, 0.1) is 5.82 Å². The van der Waals surface area contributed by atoms with Gasteiger partial charge in [-0.3, -0.25) is 0 Å². The Kier molecular flexibility index (Phi) is 3.93. The molecule has 0 radical (unpaired) electrons. The Morgan fingerprint density at radius 2 is 1.74 bits per heavy atom. The summed E-state index contributed by atoms with van der Waals surface area (Å²) >= 11 is 0. The summed E-state index contributed by atoms with van der Waals surface area (Å²) < 4.78 is 20.0. The number of hydrogen-bond acceptors (Lipinski definition) is 5. The van der Waals surface area contributed by atoms with E-state index in [0.717, 1.165) is 42.6 Å². The molecule has 6 nitrogen and oxygen atoms in total. The Morgan fingerprint density at radius 1 is 1.00 bits per heavy atom. The quantitative estimate of drug-likeness (QED) is 0.473. The van der Waals surface area contributed by atoms with Gasteiger partial charge in [0.25, 0.3) is 0 Å². The molecule has 6 rings (SSSR count). The molecule has 4 aromatic rings. The minimum Gasteiger partial charge on any atom is -0.451 e. The number of carbonyl (C=O) groups is 1. The molecule has 1 fully saturated rings. The fourth-order valence-electron chi connectivity index (χ4n) is 4.87. The van der Waals surface area contributed by atoms with Crippen LogP contribution in [0.4, 0.5) is 4.39 Å². The zero-order chi connectivity index (χ0) is 21.0. The number of esters is 1. The molecule has 0 amide bonds. The van der Waals surface area contributed by atoms with E-state index in [4.69, 9.17) is 4.74 Å². The van der Waals surface area contributed by atoms with E-state index in [1.165, 1.54) is 6.07 Å². The van der Waals surface area contributed by atoms with Crippen LogP contribution in [0.2, 0.25) is 0 Å². The van der Waals surface area contributed by atoms with Crippen LogP contribution in [0.15, 0.2) is 54.7 Å². The van der Waals surface area contributed by atoms with Crippen molar-refractivity contribution in [3.05, 3.63) is 77.5 Å². The van der Waals surface area contributed by atoms with Gasteiger partial charge in [-0.25, -0.2) is 24.1 Å². The molecule has 2 aliphatic rings. The van der Waals surface area contributed by atoms with E-state index in [1.807, 2.05) is 24.3 Å². The predicted molar refractivity (Wildman–Crippen MR) is 112 cm³/mol. The second kappa shape index (κ2) is 6.70. The molecule has 2 aromatic carbocycles. The molecule has 1 aliphatic carbocycles. The minimum atomic E-state index is -0.520. The second-order valence-corrected chi connectivity index (χ2v) is 8.24. The zero-order valence-electron chi connectivity index (χ0n) is 16.6. The third kappa shape index (κ3) is 2.84. The number of rotatable bonds is 2. The largest absolute Gasteiger partial charge is 0.451 e. The van der Waals surface area contributed by atoms with Crippen molar-refractivity contribution in [2.24, 2.45) is 0 Å². The van der Waals surface area contributed by atoms with Gasteiger partial charge in [0.2, 0.25) is 0 Å². The third-order valence-electron chi connectivity index (χ3n) is 6.48. The lowest BCUT2D eigenvalue weighted by molar-refractivity contribution is -0.0312. The van der Waals surface area contributed by atoms with Crippen molar-refractivity contribution < 1.29 is 13.9 Å². The number of aromatic nitrogens is 4. The predicted octanol–water partition coefficient (Wildman–Crippen LogP) is 4.88. The Hall–Kier alpha value is -3.61. The van der Waals surface area contributed by atoms with Gasteiger partial charge >= 0.3 is 5.97 Å². The summed E-state index contributed by atoms with van der Waals surface area (Å²) in [5.74, 6) is 0.793. The number of aromatic amines is 1. The molecule has 1 N–H and O–H groups in total. The van der Waals surface area contributed by atoms with Crippen molar-refractivity contribution in [2.75, 3.05) is 0 Å². The van der Waals surface area contributed by atoms with Crippen molar-refractivity contribution in [2.45, 2.75) is 37.2 Å². The summed E-state index contributed by atoms with van der Waals surface area (Å²) in [5.41, 5.74) is 2.78. The standard InChI is InChI=1S/C24H19FN4O2/c25-18-8-4-2-6-16(18)21-26-13-19-22(29-21)28-20(27-19)14-9-11-24(12-10-14)17-7-3-1-5-15(17)23(30)31-24/h1-8,13-14H,9-12H2,(H,26,27,28,29)/t14-,24-. The molecule has 3 heterocycles. The van der Waals surface area contributed by atoms with Crippen LogP contribution in [0.3, 0.4) is 0 Å². The van der Waals surface area contributed by atoms with Crippen molar-refractivity contribution in [3.63, 3.8) is 0 Å². The summed E-state index contributed by atoms with van der Waals surface area (Å²) in [7, 11) is 0. The number of nitrogens with zero attached hydrogens (tertiary/aromatic N) is 3. The fraction of sp³-hybridized carbons (Fsp3) is 0.250. The molecular weight excluding hydrogens is 395 g/mol. The van der Waals surface area contributed by atoms with Crippen molar-refractivity contribution in [3.8, 4) is 11.4 Å². The van der Waals surface area contributed by atoms with Gasteiger partial charge in [-0.05, 0) is 43.9 Å². The lowest BCUT2D eigenvalue weighted by Gasteiger charge is -2.35. The molecule has 1 saturated carbocycles. The number of halogens is 1. The van der Waals surface area contributed by atoms with Gasteiger partial charge in [-0.15, -0.1) is 0 Å². The molecule has 1 spiro atoms. The first-order chi connectivity index (χ1) is 15.1. The topological polar surface area (TPSA) is 80.8 Å². The number of benzene rings is 2. The van der Waals surface area contributed by atoms with Crippen LogP contribution in [-0.4, -0.2) is 25.9 Å². The van der Waals surface area contributed by atoms with Crippen molar-refractivity contribution in [1.82, 2.24) is 19.9 Å². The van der Waals surface area contributed by atoms with Crippen LogP contribution < -0.4 is 0 Å². The van der Waals surface area contributed by atoms with Gasteiger partial charge in [0.1, 0.15) is 22.8 Å². The Balaban J connectivity index is 1.27. The number of imidazole rings is 1. The van der Waals surface area contributed by atoms with Crippen LogP contribution in [0.5, 0.6) is 0 Å². The Labute approximate surface area is 177 Å². The van der Waals surface area contributed by atoms with E-state index < -0.39 is 5.60 Å². The average Bonchev–Trinajstić information content (AvgIpc) is 3.34. The smallest absolute Gasteiger partial charge is 0.339 e. The maximum Gasteiger partial charge on any atom is 0.339 e. The number of fused-ring (bicyclic) bond motifs is 3. The summed E-state index contributed by atoms with van der Waals surface area (Å²) in [5, 5.41) is 0. The number of H-pyrrole nitrogens is 1. The third-order valence-corrected chi connectivity index (χ3v) is 6.48. The van der Waals surface area contributed by atoms with Crippen LogP contribution in [-0.2, 0) is 10.3 Å². The summed E-state index contributed by atoms with van der Waals surface area (Å²) in [4.78, 5) is 29.1. The molecule has 1 aliphatic heterocycles. The van der Waals surface area contributed by atoms with Crippen LogP contribution in [0.25, 0.3) is 22.6 Å². The highest BCUT2D eigenvalue weighted by Gasteiger charge is 2.47. The lowest BCUT2D eigenvalue weighted by Crippen LogP contribution is -2.31. The summed E-state index contributed by atoms with van der Waals surface area (Å²) in [6.45, 7) is 0. The molecular formula is C24H19FN4O2. The highest BCUT2D eigenvalue weighted by Crippen LogP contribution is 2.49. The molecule has 0 atom stereocenters. The monoisotopic (exact) mass is 414 g/mol. The number of nitrogens with one attached hydrogen (secondary N) is 1. The molecule has 0 unspecified atom stereocenters. The van der Waals surface area contributed by atoms with E-state index in [0.29, 0.717) is 22.6 Å². The summed E-state index contributed by atoms with van der Waals surface area (Å²) in [6.07, 6.45) is 4.84. The van der Waals surface area contributed by atoms with Crippen LogP contribution >= 0.6 is 0 Å². The normalized spacial score (nSPS) is 22.6. The molecule has 154 valence electrons. The number of carbonyl (C=O) groups excluding carboxylic acids is 1. The molecule has 2 aromatic heterocycles. The van der Waals surface area contributed by atoms with Gasteiger partial charge in [0, 0.05) is 11.5 Å². The zero-order valence-corrected chi connectivity index (χ0v) is 16.6. The second-order valence-electron chi connectivity index (χ2n) is 8.24. The van der Waals surface area contributed by atoms with Crippen molar-refractivity contribution in [1.29, 1.82) is 0 Å². The first-order valence-electron chi connectivity index (χ1n) is 10.4. The van der Waals surface area contributed by atoms with E-state index >= 15 is 0 Å². The van der Waals surface area contributed by atoms with E-state index in [2.05, 4.69) is 19.9 Å². The Bertz CT molecular complexity index is 1320. The van der Waals surface area contributed by atoms with E-state index in [9.17, 15) is 9.18 Å². The number of ether oxygens (including phenoxy) is 1. The van der Waals surface area contributed by atoms with Crippen molar-refractivity contribution >= 4 is 17.1 Å². The Morgan fingerprint density at radius 3 is 2.55 bits per heavy atom. The lowest BCUT2D eigenvalue weighted by atomic mass is 9.75. The van der Waals surface area contributed by atoms with E-state index in [1.54, 1.807) is 24.4 Å². The van der Waals surface area contributed by atoms with E-state index in [-0.39, 0.29) is 17.7 Å². The molecule has 0 bridgehead atoms. The average molecular weight is 414 g/mol. The maximum absolute atomic E-state index is 14.1. The molecule has 0 saturated heterocycles. The van der Waals surface area contributed by atoms with Gasteiger partial charge < -0.3 is 9.72 Å². The number of hydrogen-bond donors (Lipinski definition) is 1. The van der Waals surface area contributed by atoms with Gasteiger partial charge in [-0.1, -0.05) is 30.3 Å². The molecule has 31 heavy (non-hydrogen) atoms. The maximum atomic E-state index is 14.1. The first-order valence-corrected chi connectivity index (χ1v) is 10.4. The highest BCUT2D eigenvalue weighted by atomic mass is 19.1. The van der Waals surface area contributed by atoms with Gasteiger partial charge in [-0.2, -0.15) is 0 Å².